The summed E-state index contributed by atoms with van der Waals surface area (Å²) in [5, 5.41) is 3.60. The molecule has 6 nitrogen and oxygen atoms in total. The number of carbonyl (C=O) groups excluding carboxylic acids is 1. The number of para-hydroxylation sites is 1. The molecule has 0 fully saturated rings. The lowest BCUT2D eigenvalue weighted by Crippen LogP contribution is -2.17. The van der Waals surface area contributed by atoms with Gasteiger partial charge in [0.1, 0.15) is 5.00 Å². The molecule has 3 aromatic rings. The number of aromatic nitrogens is 2. The molecule has 2 heterocycles. The number of rotatable bonds is 4. The van der Waals surface area contributed by atoms with Crippen molar-refractivity contribution >= 4 is 28.5 Å². The second-order valence-electron chi connectivity index (χ2n) is 5.84. The van der Waals surface area contributed by atoms with Crippen LogP contribution in [0.1, 0.15) is 32.1 Å². The van der Waals surface area contributed by atoms with Gasteiger partial charge in [-0.2, -0.15) is 0 Å². The van der Waals surface area contributed by atoms with Crippen LogP contribution in [0.25, 0.3) is 5.69 Å². The van der Waals surface area contributed by atoms with Gasteiger partial charge in [0, 0.05) is 16.8 Å². The molecule has 0 saturated heterocycles. The lowest BCUT2D eigenvalue weighted by molar-refractivity contribution is 0.0601. The number of H-pyrrole nitrogens is 1. The molecule has 2 aromatic heterocycles. The molecule has 0 bridgehead atoms. The Morgan fingerprint density at radius 3 is 2.58 bits per heavy atom. The average Bonchev–Trinajstić information content (AvgIpc) is 3.09. The summed E-state index contributed by atoms with van der Waals surface area (Å²) in [6, 6.07) is 9.32. The van der Waals surface area contributed by atoms with Crippen molar-refractivity contribution in [2.75, 3.05) is 7.11 Å². The van der Waals surface area contributed by atoms with E-state index in [4.69, 9.17) is 4.74 Å². The van der Waals surface area contributed by atoms with Gasteiger partial charge >= 0.3 is 5.97 Å². The van der Waals surface area contributed by atoms with E-state index in [2.05, 4.69) is 10.1 Å². The number of thiophene rings is 1. The van der Waals surface area contributed by atoms with E-state index in [9.17, 15) is 9.59 Å². The van der Waals surface area contributed by atoms with Crippen LogP contribution in [0.3, 0.4) is 0 Å². The third-order valence-electron chi connectivity index (χ3n) is 4.20. The van der Waals surface area contributed by atoms with Crippen LogP contribution in [0.4, 0.5) is 5.00 Å². The van der Waals surface area contributed by atoms with Crippen LogP contribution in [0.15, 0.2) is 40.1 Å². The number of nitrogens with one attached hydrogen (secondary N) is 1. The van der Waals surface area contributed by atoms with E-state index in [1.165, 1.54) is 29.3 Å². The molecule has 0 atom stereocenters. The maximum atomic E-state index is 12.7. The zero-order chi connectivity index (χ0) is 18.8. The second-order valence-corrected chi connectivity index (χ2v) is 7.04. The molecule has 7 heteroatoms. The summed E-state index contributed by atoms with van der Waals surface area (Å²) in [6.07, 6.45) is 1.50. The van der Waals surface area contributed by atoms with Crippen molar-refractivity contribution in [2.24, 2.45) is 4.99 Å². The molecule has 0 amide bonds. The highest BCUT2D eigenvalue weighted by atomic mass is 32.1. The number of benzene rings is 1. The molecular formula is C19H19N3O3S. The van der Waals surface area contributed by atoms with Gasteiger partial charge in [0.05, 0.1) is 23.9 Å². The van der Waals surface area contributed by atoms with Crippen LogP contribution in [-0.2, 0) is 4.74 Å². The number of hydrogen-bond acceptors (Lipinski definition) is 5. The minimum absolute atomic E-state index is 0.193. The molecular weight excluding hydrogens is 350 g/mol. The summed E-state index contributed by atoms with van der Waals surface area (Å²) in [7, 11) is 1.34. The van der Waals surface area contributed by atoms with Crippen molar-refractivity contribution in [3.05, 3.63) is 67.9 Å². The van der Waals surface area contributed by atoms with Gasteiger partial charge in [-0.15, -0.1) is 11.3 Å². The maximum absolute atomic E-state index is 12.7. The number of nitrogens with zero attached hydrogens (tertiary/aromatic N) is 2. The summed E-state index contributed by atoms with van der Waals surface area (Å²) in [6.45, 7) is 5.60. The van der Waals surface area contributed by atoms with E-state index in [-0.39, 0.29) is 5.56 Å². The van der Waals surface area contributed by atoms with Crippen molar-refractivity contribution in [2.45, 2.75) is 20.8 Å². The molecule has 26 heavy (non-hydrogen) atoms. The molecule has 1 N–H and O–H groups in total. The largest absolute Gasteiger partial charge is 0.465 e. The fraction of sp³-hybridized carbons (Fsp3) is 0.211. The van der Waals surface area contributed by atoms with Gasteiger partial charge in [-0.1, -0.05) is 18.2 Å². The van der Waals surface area contributed by atoms with E-state index in [0.29, 0.717) is 21.8 Å². The Morgan fingerprint density at radius 2 is 1.92 bits per heavy atom. The van der Waals surface area contributed by atoms with Gasteiger partial charge in [0.15, 0.2) is 0 Å². The third-order valence-corrected chi connectivity index (χ3v) is 5.31. The van der Waals surface area contributed by atoms with Gasteiger partial charge in [-0.3, -0.25) is 9.89 Å². The van der Waals surface area contributed by atoms with Gasteiger partial charge < -0.3 is 4.74 Å². The fourth-order valence-corrected chi connectivity index (χ4v) is 3.63. The monoisotopic (exact) mass is 369 g/mol. The van der Waals surface area contributed by atoms with Crippen molar-refractivity contribution in [1.29, 1.82) is 0 Å². The Kier molecular flexibility index (Phi) is 4.90. The first-order chi connectivity index (χ1) is 12.4. The number of aliphatic imine (C=N–C) groups is 1. The lowest BCUT2D eigenvalue weighted by Gasteiger charge is -1.99. The molecule has 0 saturated carbocycles. The molecule has 0 unspecified atom stereocenters. The topological polar surface area (TPSA) is 76.4 Å². The molecule has 0 aliphatic rings. The Morgan fingerprint density at radius 1 is 1.23 bits per heavy atom. The normalized spacial score (nSPS) is 11.2. The fourth-order valence-electron chi connectivity index (χ4n) is 2.64. The van der Waals surface area contributed by atoms with Crippen LogP contribution >= 0.6 is 11.3 Å². The zero-order valence-corrected chi connectivity index (χ0v) is 15.8. The molecule has 3 rings (SSSR count). The van der Waals surface area contributed by atoms with E-state index in [1.807, 2.05) is 51.1 Å². The average molecular weight is 369 g/mol. The van der Waals surface area contributed by atoms with Crippen molar-refractivity contribution in [3.8, 4) is 5.69 Å². The Balaban J connectivity index is 2.03. The van der Waals surface area contributed by atoms with E-state index in [0.717, 1.165) is 16.1 Å². The second kappa shape index (κ2) is 7.13. The first-order valence-corrected chi connectivity index (χ1v) is 8.85. The van der Waals surface area contributed by atoms with Crippen LogP contribution in [0.5, 0.6) is 0 Å². The predicted molar refractivity (Wildman–Crippen MR) is 104 cm³/mol. The number of aryl methyl sites for hydroxylation is 2. The highest BCUT2D eigenvalue weighted by molar-refractivity contribution is 7.16. The first kappa shape index (κ1) is 17.9. The number of carbonyl (C=O) groups is 1. The summed E-state index contributed by atoms with van der Waals surface area (Å²) in [5.41, 5.74) is 3.00. The predicted octanol–water partition coefficient (Wildman–Crippen LogP) is 3.69. The molecule has 134 valence electrons. The molecule has 0 aliphatic heterocycles. The van der Waals surface area contributed by atoms with Crippen molar-refractivity contribution in [3.63, 3.8) is 0 Å². The van der Waals surface area contributed by atoms with Gasteiger partial charge in [-0.05, 0) is 38.5 Å². The molecule has 0 radical (unpaired) electrons. The Bertz CT molecular complexity index is 1040. The Labute approximate surface area is 154 Å². The minimum atomic E-state index is -0.425. The SMILES string of the molecule is COC(=O)c1c(N=Cc2c(C)[nH]n(-c3ccccc3)c2=O)sc(C)c1C. The van der Waals surface area contributed by atoms with Crippen LogP contribution in [-0.4, -0.2) is 29.1 Å². The van der Waals surface area contributed by atoms with E-state index >= 15 is 0 Å². The highest BCUT2D eigenvalue weighted by Crippen LogP contribution is 2.35. The molecule has 1 aromatic carbocycles. The first-order valence-electron chi connectivity index (χ1n) is 8.03. The molecule has 0 spiro atoms. The van der Waals surface area contributed by atoms with Crippen LogP contribution < -0.4 is 5.56 Å². The number of esters is 1. The Hall–Kier alpha value is -2.93. The number of aromatic amines is 1. The smallest absolute Gasteiger partial charge is 0.341 e. The van der Waals surface area contributed by atoms with Crippen LogP contribution in [0.2, 0.25) is 0 Å². The summed E-state index contributed by atoms with van der Waals surface area (Å²) >= 11 is 1.40. The maximum Gasteiger partial charge on any atom is 0.341 e. The zero-order valence-electron chi connectivity index (χ0n) is 15.0. The van der Waals surface area contributed by atoms with Gasteiger partial charge in [-0.25, -0.2) is 14.5 Å². The summed E-state index contributed by atoms with van der Waals surface area (Å²) < 4.78 is 6.33. The van der Waals surface area contributed by atoms with Crippen molar-refractivity contribution < 1.29 is 9.53 Å². The summed E-state index contributed by atoms with van der Waals surface area (Å²) in [5.74, 6) is -0.425. The van der Waals surface area contributed by atoms with Gasteiger partial charge in [0.2, 0.25) is 0 Å². The number of hydrogen-bond donors (Lipinski definition) is 1. The minimum Gasteiger partial charge on any atom is -0.465 e. The van der Waals surface area contributed by atoms with E-state index < -0.39 is 5.97 Å². The lowest BCUT2D eigenvalue weighted by atomic mass is 10.1. The number of methoxy groups -OCH3 is 1. The van der Waals surface area contributed by atoms with Crippen LogP contribution in [0, 0.1) is 20.8 Å². The standard InChI is InChI=1S/C19H19N3O3S/c1-11-13(3)26-17(16(11)19(24)25-4)20-10-15-12(2)21-22(18(15)23)14-8-6-5-7-9-14/h5-10,21H,1-4H3. The summed E-state index contributed by atoms with van der Waals surface area (Å²) in [4.78, 5) is 30.2. The third kappa shape index (κ3) is 3.13. The quantitative estimate of drug-likeness (QED) is 0.563. The van der Waals surface area contributed by atoms with E-state index in [1.54, 1.807) is 0 Å². The number of ether oxygens (including phenoxy) is 1. The highest BCUT2D eigenvalue weighted by Gasteiger charge is 2.20. The molecule has 0 aliphatic carbocycles. The van der Waals surface area contributed by atoms with Gasteiger partial charge in [0.25, 0.3) is 5.56 Å². The van der Waals surface area contributed by atoms with Crippen molar-refractivity contribution in [1.82, 2.24) is 9.78 Å².